The molecule has 1 aliphatic carbocycles. The molecule has 0 N–H and O–H groups in total. The lowest BCUT2D eigenvalue weighted by atomic mass is 9.66. The highest BCUT2D eigenvalue weighted by molar-refractivity contribution is 6.09. The minimum absolute atomic E-state index is 0.577. The molecule has 1 unspecified atom stereocenters. The second kappa shape index (κ2) is 13.3. The molecule has 1 atom stereocenters. The molecule has 58 heavy (non-hydrogen) atoms. The highest BCUT2D eigenvalue weighted by Gasteiger charge is 2.50. The number of hydrogen-bond donors (Lipinski definition) is 0. The highest BCUT2D eigenvalue weighted by Crippen LogP contribution is 2.60. The van der Waals surface area contributed by atoms with Gasteiger partial charge in [-0.3, -0.25) is 0 Å². The lowest BCUT2D eigenvalue weighted by Gasteiger charge is -2.39. The van der Waals surface area contributed by atoms with Crippen molar-refractivity contribution in [2.45, 2.75) is 12.3 Å². The van der Waals surface area contributed by atoms with Crippen LogP contribution in [0.5, 0.6) is 5.75 Å². The van der Waals surface area contributed by atoms with Gasteiger partial charge in [0.15, 0.2) is 5.82 Å². The molecule has 0 radical (unpaired) electrons. The summed E-state index contributed by atoms with van der Waals surface area (Å²) in [6.07, 6.45) is 5.77. The van der Waals surface area contributed by atoms with E-state index >= 15 is 0 Å². The zero-order chi connectivity index (χ0) is 38.8. The summed E-state index contributed by atoms with van der Waals surface area (Å²) in [5.41, 5.74) is 14.7. The normalized spacial score (nSPS) is 15.5. The first-order valence-electron chi connectivity index (χ1n) is 19.7. The Morgan fingerprint density at radius 3 is 1.93 bits per heavy atom. The van der Waals surface area contributed by atoms with E-state index in [1.54, 1.807) is 6.08 Å². The molecular formula is C54H37N3O. The molecule has 1 spiro atoms. The molecule has 9 aromatic rings. The summed E-state index contributed by atoms with van der Waals surface area (Å²) in [6.45, 7) is 6.15. The van der Waals surface area contributed by atoms with E-state index in [0.717, 1.165) is 56.4 Å². The highest BCUT2D eigenvalue weighted by atomic mass is 16.5. The third-order valence-corrected chi connectivity index (χ3v) is 11.9. The molecule has 274 valence electrons. The second-order valence-corrected chi connectivity index (χ2v) is 15.0. The maximum Gasteiger partial charge on any atom is 0.160 e. The Morgan fingerprint density at radius 2 is 1.17 bits per heavy atom. The maximum absolute atomic E-state index is 6.61. The van der Waals surface area contributed by atoms with Crippen molar-refractivity contribution in [1.82, 2.24) is 14.5 Å². The van der Waals surface area contributed by atoms with E-state index in [1.807, 2.05) is 36.4 Å². The molecule has 7 aromatic carbocycles. The molecule has 3 heterocycles. The Kier molecular flexibility index (Phi) is 7.73. The Balaban J connectivity index is 1.13. The van der Waals surface area contributed by atoms with E-state index in [0.29, 0.717) is 5.82 Å². The fourth-order valence-electron chi connectivity index (χ4n) is 9.36. The molecule has 4 heteroatoms. The Hall–Kier alpha value is -7.56. The number of allylic oxidation sites excluding steroid dienone is 4. The van der Waals surface area contributed by atoms with Gasteiger partial charge in [0.1, 0.15) is 11.5 Å². The van der Waals surface area contributed by atoms with E-state index in [1.165, 1.54) is 44.1 Å². The molecule has 2 aromatic heterocycles. The van der Waals surface area contributed by atoms with Crippen LogP contribution >= 0.6 is 0 Å². The average molecular weight is 744 g/mol. The van der Waals surface area contributed by atoms with Crippen LogP contribution in [0.4, 0.5) is 0 Å². The molecule has 0 fully saturated rings. The van der Waals surface area contributed by atoms with Crippen molar-refractivity contribution in [2.24, 2.45) is 0 Å². The fourth-order valence-corrected chi connectivity index (χ4v) is 9.36. The van der Waals surface area contributed by atoms with Gasteiger partial charge < -0.3 is 9.30 Å². The summed E-state index contributed by atoms with van der Waals surface area (Å²) in [4.78, 5) is 10.6. The zero-order valence-corrected chi connectivity index (χ0v) is 31.9. The quantitative estimate of drug-likeness (QED) is 0.159. The van der Waals surface area contributed by atoms with Crippen LogP contribution in [0.1, 0.15) is 23.6 Å². The van der Waals surface area contributed by atoms with Gasteiger partial charge in [0, 0.05) is 38.7 Å². The average Bonchev–Trinajstić information content (AvgIpc) is 3.78. The van der Waals surface area contributed by atoms with E-state index in [9.17, 15) is 0 Å². The van der Waals surface area contributed by atoms with Crippen LogP contribution in [-0.2, 0) is 5.41 Å². The van der Waals surface area contributed by atoms with Gasteiger partial charge in [-0.15, -0.1) is 0 Å². The van der Waals surface area contributed by atoms with Crippen LogP contribution in [-0.4, -0.2) is 14.5 Å². The monoisotopic (exact) mass is 743 g/mol. The topological polar surface area (TPSA) is 39.9 Å². The third-order valence-electron chi connectivity index (χ3n) is 11.9. The van der Waals surface area contributed by atoms with Crippen molar-refractivity contribution in [3.05, 3.63) is 229 Å². The lowest BCUT2D eigenvalue weighted by Crippen LogP contribution is -2.33. The number of rotatable bonds is 6. The van der Waals surface area contributed by atoms with Crippen molar-refractivity contribution in [3.8, 4) is 56.5 Å². The number of aromatic nitrogens is 3. The predicted molar refractivity (Wildman–Crippen MR) is 237 cm³/mol. The van der Waals surface area contributed by atoms with Crippen molar-refractivity contribution >= 4 is 21.8 Å². The van der Waals surface area contributed by atoms with Gasteiger partial charge in [0.25, 0.3) is 0 Å². The molecule has 4 nitrogen and oxygen atoms in total. The van der Waals surface area contributed by atoms with Crippen LogP contribution in [0.2, 0.25) is 0 Å². The minimum atomic E-state index is -0.577. The number of fused-ring (bicyclic) bond motifs is 10. The summed E-state index contributed by atoms with van der Waals surface area (Å²) in [6, 6.07) is 62.5. The second-order valence-electron chi connectivity index (χ2n) is 15.0. The molecule has 0 saturated heterocycles. The van der Waals surface area contributed by atoms with Gasteiger partial charge in [0.05, 0.1) is 27.8 Å². The van der Waals surface area contributed by atoms with Crippen molar-refractivity contribution < 1.29 is 4.74 Å². The van der Waals surface area contributed by atoms with E-state index in [4.69, 9.17) is 14.7 Å². The number of hydrogen-bond acceptors (Lipinski definition) is 3. The minimum Gasteiger partial charge on any atom is -0.457 e. The smallest absolute Gasteiger partial charge is 0.160 e. The van der Waals surface area contributed by atoms with Gasteiger partial charge in [-0.25, -0.2) is 9.97 Å². The number of ether oxygens (including phenoxy) is 1. The fraction of sp³-hybridized carbons (Fsp3) is 0.0370. The van der Waals surface area contributed by atoms with Gasteiger partial charge in [-0.1, -0.05) is 152 Å². The van der Waals surface area contributed by atoms with E-state index < -0.39 is 5.41 Å². The SMILES string of the molecule is C=C/C=C\C1=C(C)C2(c3ccccc3O1)c1ccccc1-c1ccc(-c3cc(-c4cccc(-n5c6ccccc6c6ccccc65)c4)nc(-c4ccccc4)n3)cc12. The van der Waals surface area contributed by atoms with Gasteiger partial charge in [0.2, 0.25) is 0 Å². The summed E-state index contributed by atoms with van der Waals surface area (Å²) in [5, 5.41) is 2.47. The molecule has 2 aliphatic rings. The van der Waals surface area contributed by atoms with Crippen LogP contribution < -0.4 is 4.74 Å². The molecule has 0 amide bonds. The maximum atomic E-state index is 6.61. The Morgan fingerprint density at radius 1 is 0.552 bits per heavy atom. The Labute approximate surface area is 337 Å². The number of benzene rings is 7. The van der Waals surface area contributed by atoms with Crippen molar-refractivity contribution in [2.75, 3.05) is 0 Å². The van der Waals surface area contributed by atoms with Crippen LogP contribution in [0.3, 0.4) is 0 Å². The first-order valence-corrected chi connectivity index (χ1v) is 19.7. The molecule has 11 rings (SSSR count). The largest absolute Gasteiger partial charge is 0.457 e. The van der Waals surface area contributed by atoms with Gasteiger partial charge in [-0.05, 0) is 83.3 Å². The molecule has 0 bridgehead atoms. The molecule has 1 aliphatic heterocycles. The summed E-state index contributed by atoms with van der Waals surface area (Å²) in [7, 11) is 0. The van der Waals surface area contributed by atoms with Crippen molar-refractivity contribution in [1.29, 1.82) is 0 Å². The van der Waals surface area contributed by atoms with Crippen LogP contribution in [0.25, 0.3) is 72.5 Å². The number of nitrogens with zero attached hydrogens (tertiary/aromatic N) is 3. The Bertz CT molecular complexity index is 3130. The number of para-hydroxylation sites is 3. The molecule has 0 saturated carbocycles. The first kappa shape index (κ1) is 33.8. The molecular weight excluding hydrogens is 707 g/mol. The standard InChI is InChI=1S/C54H37N3O/c1-3-4-28-51-35(2)54(45-25-12-15-29-52(45)58-51)44-24-11-8-21-40(44)41-31-30-38(33-46(41)54)48-34-47(55-53(56-48)36-17-6-5-7-18-36)37-19-16-20-39(32-37)57-49-26-13-9-22-42(49)43-23-10-14-27-50(43)57/h3-34H,1H2,2H3/b28-4-. The van der Waals surface area contributed by atoms with Crippen molar-refractivity contribution in [3.63, 3.8) is 0 Å². The van der Waals surface area contributed by atoms with E-state index in [-0.39, 0.29) is 0 Å². The van der Waals surface area contributed by atoms with Gasteiger partial charge >= 0.3 is 0 Å². The van der Waals surface area contributed by atoms with E-state index in [2.05, 4.69) is 170 Å². The van der Waals surface area contributed by atoms with Crippen LogP contribution in [0, 0.1) is 0 Å². The summed E-state index contributed by atoms with van der Waals surface area (Å²) < 4.78 is 8.97. The summed E-state index contributed by atoms with van der Waals surface area (Å²) in [5.74, 6) is 2.35. The zero-order valence-electron chi connectivity index (χ0n) is 31.9. The van der Waals surface area contributed by atoms with Gasteiger partial charge in [-0.2, -0.15) is 0 Å². The predicted octanol–water partition coefficient (Wildman–Crippen LogP) is 13.3. The summed E-state index contributed by atoms with van der Waals surface area (Å²) >= 11 is 0. The van der Waals surface area contributed by atoms with Crippen LogP contribution in [0.15, 0.2) is 212 Å². The first-order chi connectivity index (χ1) is 28.6. The third kappa shape index (κ3) is 5.01. The lowest BCUT2D eigenvalue weighted by molar-refractivity contribution is 0.399.